The SMILES string of the molecule is CN=C(C)c1cc(Oc2ccc(C)cc2)ccn1. The molecule has 0 saturated heterocycles. The Morgan fingerprint density at radius 1 is 1.11 bits per heavy atom. The minimum atomic E-state index is 0.770. The maximum absolute atomic E-state index is 5.77. The molecule has 0 amide bonds. The number of pyridine rings is 1. The average Bonchev–Trinajstić information content (AvgIpc) is 2.41. The number of hydrogen-bond acceptors (Lipinski definition) is 3. The summed E-state index contributed by atoms with van der Waals surface area (Å²) in [6.07, 6.45) is 1.73. The lowest BCUT2D eigenvalue weighted by Crippen LogP contribution is -1.98. The van der Waals surface area contributed by atoms with Crippen molar-refractivity contribution < 1.29 is 4.74 Å². The van der Waals surface area contributed by atoms with Crippen molar-refractivity contribution in [3.8, 4) is 11.5 Å². The van der Waals surface area contributed by atoms with Crippen LogP contribution in [-0.4, -0.2) is 17.7 Å². The molecule has 2 aromatic rings. The monoisotopic (exact) mass is 240 g/mol. The van der Waals surface area contributed by atoms with E-state index in [1.165, 1.54) is 5.56 Å². The summed E-state index contributed by atoms with van der Waals surface area (Å²) in [6, 6.07) is 11.7. The molecule has 2 rings (SSSR count). The van der Waals surface area contributed by atoms with Gasteiger partial charge in [0.05, 0.1) is 11.4 Å². The molecule has 0 atom stereocenters. The Balaban J connectivity index is 2.22. The third-order valence-electron chi connectivity index (χ3n) is 2.69. The minimum Gasteiger partial charge on any atom is -0.457 e. The largest absolute Gasteiger partial charge is 0.457 e. The first-order chi connectivity index (χ1) is 8.69. The topological polar surface area (TPSA) is 34.5 Å². The number of ether oxygens (including phenoxy) is 1. The smallest absolute Gasteiger partial charge is 0.131 e. The highest BCUT2D eigenvalue weighted by atomic mass is 16.5. The molecule has 0 radical (unpaired) electrons. The van der Waals surface area contributed by atoms with E-state index in [-0.39, 0.29) is 0 Å². The third-order valence-corrected chi connectivity index (χ3v) is 2.69. The molecule has 18 heavy (non-hydrogen) atoms. The van der Waals surface area contributed by atoms with Gasteiger partial charge in [0.25, 0.3) is 0 Å². The summed E-state index contributed by atoms with van der Waals surface area (Å²) in [5.74, 6) is 1.59. The van der Waals surface area contributed by atoms with E-state index in [0.717, 1.165) is 22.9 Å². The highest BCUT2D eigenvalue weighted by molar-refractivity contribution is 5.97. The maximum Gasteiger partial charge on any atom is 0.131 e. The van der Waals surface area contributed by atoms with Crippen LogP contribution in [0, 0.1) is 6.92 Å². The van der Waals surface area contributed by atoms with E-state index in [9.17, 15) is 0 Å². The number of aliphatic imine (C=N–C) groups is 1. The molecular formula is C15H16N2O. The molecule has 0 aliphatic heterocycles. The van der Waals surface area contributed by atoms with Crippen LogP contribution in [0.3, 0.4) is 0 Å². The molecule has 3 nitrogen and oxygen atoms in total. The molecule has 0 bridgehead atoms. The molecule has 0 fully saturated rings. The number of hydrogen-bond donors (Lipinski definition) is 0. The van der Waals surface area contributed by atoms with Gasteiger partial charge in [-0.05, 0) is 32.0 Å². The second-order valence-corrected chi connectivity index (χ2v) is 4.10. The quantitative estimate of drug-likeness (QED) is 0.768. The highest BCUT2D eigenvalue weighted by Gasteiger charge is 2.02. The second kappa shape index (κ2) is 5.45. The first-order valence-corrected chi connectivity index (χ1v) is 5.83. The predicted molar refractivity (Wildman–Crippen MR) is 73.6 cm³/mol. The van der Waals surface area contributed by atoms with Crippen LogP contribution < -0.4 is 4.74 Å². The Morgan fingerprint density at radius 2 is 1.83 bits per heavy atom. The minimum absolute atomic E-state index is 0.770. The number of rotatable bonds is 3. The van der Waals surface area contributed by atoms with Gasteiger partial charge < -0.3 is 4.74 Å². The van der Waals surface area contributed by atoms with Crippen LogP contribution in [0.4, 0.5) is 0 Å². The summed E-state index contributed by atoms with van der Waals surface area (Å²) < 4.78 is 5.77. The molecule has 0 saturated carbocycles. The molecule has 1 aromatic carbocycles. The van der Waals surface area contributed by atoms with Crippen molar-refractivity contribution in [3.05, 3.63) is 53.9 Å². The molecular weight excluding hydrogens is 224 g/mol. The zero-order chi connectivity index (χ0) is 13.0. The summed E-state index contributed by atoms with van der Waals surface area (Å²) in [5, 5.41) is 0. The van der Waals surface area contributed by atoms with Crippen LogP contribution in [0.1, 0.15) is 18.2 Å². The third kappa shape index (κ3) is 2.94. The molecule has 0 spiro atoms. The maximum atomic E-state index is 5.77. The van der Waals surface area contributed by atoms with E-state index in [2.05, 4.69) is 16.9 Å². The fourth-order valence-corrected chi connectivity index (χ4v) is 1.53. The van der Waals surface area contributed by atoms with Gasteiger partial charge in [0.1, 0.15) is 11.5 Å². The van der Waals surface area contributed by atoms with Crippen LogP contribution >= 0.6 is 0 Å². The standard InChI is InChI=1S/C15H16N2O/c1-11-4-6-13(7-5-11)18-14-8-9-17-15(10-14)12(2)16-3/h4-10H,1-3H3. The van der Waals surface area contributed by atoms with Gasteiger partial charge in [0.2, 0.25) is 0 Å². The molecule has 3 heteroatoms. The Kier molecular flexibility index (Phi) is 3.72. The molecule has 0 aliphatic carbocycles. The number of aryl methyl sites for hydroxylation is 1. The first-order valence-electron chi connectivity index (χ1n) is 5.83. The summed E-state index contributed by atoms with van der Waals surface area (Å²) in [4.78, 5) is 8.37. The molecule has 0 unspecified atom stereocenters. The van der Waals surface area contributed by atoms with Crippen molar-refractivity contribution >= 4 is 5.71 Å². The van der Waals surface area contributed by atoms with Crippen molar-refractivity contribution in [2.75, 3.05) is 7.05 Å². The zero-order valence-electron chi connectivity index (χ0n) is 10.8. The van der Waals surface area contributed by atoms with Gasteiger partial charge >= 0.3 is 0 Å². The van der Waals surface area contributed by atoms with Crippen molar-refractivity contribution in [1.29, 1.82) is 0 Å². The van der Waals surface area contributed by atoms with Gasteiger partial charge in [-0.15, -0.1) is 0 Å². The predicted octanol–water partition coefficient (Wildman–Crippen LogP) is 3.62. The van der Waals surface area contributed by atoms with Crippen LogP contribution in [0.15, 0.2) is 47.6 Å². The summed E-state index contributed by atoms with van der Waals surface area (Å²) in [5.41, 5.74) is 2.94. The van der Waals surface area contributed by atoms with E-state index in [1.807, 2.05) is 43.3 Å². The van der Waals surface area contributed by atoms with Crippen LogP contribution in [0.5, 0.6) is 11.5 Å². The summed E-state index contributed by atoms with van der Waals surface area (Å²) in [7, 11) is 1.75. The van der Waals surface area contributed by atoms with Crippen LogP contribution in [0.2, 0.25) is 0 Å². The van der Waals surface area contributed by atoms with E-state index in [0.29, 0.717) is 0 Å². The fourth-order valence-electron chi connectivity index (χ4n) is 1.53. The average molecular weight is 240 g/mol. The molecule has 0 aliphatic rings. The van der Waals surface area contributed by atoms with Crippen LogP contribution in [-0.2, 0) is 0 Å². The lowest BCUT2D eigenvalue weighted by atomic mass is 10.2. The molecule has 1 heterocycles. The van der Waals surface area contributed by atoms with Crippen molar-refractivity contribution in [2.45, 2.75) is 13.8 Å². The lowest BCUT2D eigenvalue weighted by Gasteiger charge is -2.07. The van der Waals surface area contributed by atoms with E-state index in [4.69, 9.17) is 4.74 Å². The normalized spacial score (nSPS) is 11.4. The van der Waals surface area contributed by atoms with E-state index >= 15 is 0 Å². The Morgan fingerprint density at radius 3 is 2.50 bits per heavy atom. The van der Waals surface area contributed by atoms with Gasteiger partial charge in [0, 0.05) is 19.3 Å². The number of nitrogens with zero attached hydrogens (tertiary/aromatic N) is 2. The zero-order valence-corrected chi connectivity index (χ0v) is 10.8. The molecule has 1 aromatic heterocycles. The van der Waals surface area contributed by atoms with Crippen LogP contribution in [0.25, 0.3) is 0 Å². The van der Waals surface area contributed by atoms with Crippen molar-refractivity contribution in [2.24, 2.45) is 4.99 Å². The van der Waals surface area contributed by atoms with Gasteiger partial charge in [-0.2, -0.15) is 0 Å². The summed E-state index contributed by atoms with van der Waals surface area (Å²) >= 11 is 0. The van der Waals surface area contributed by atoms with Gasteiger partial charge in [0.15, 0.2) is 0 Å². The van der Waals surface area contributed by atoms with E-state index < -0.39 is 0 Å². The van der Waals surface area contributed by atoms with Gasteiger partial charge in [-0.1, -0.05) is 17.7 Å². The molecule has 0 N–H and O–H groups in total. The first kappa shape index (κ1) is 12.3. The fraction of sp³-hybridized carbons (Fsp3) is 0.200. The second-order valence-electron chi connectivity index (χ2n) is 4.10. The van der Waals surface area contributed by atoms with Crippen molar-refractivity contribution in [3.63, 3.8) is 0 Å². The van der Waals surface area contributed by atoms with Gasteiger partial charge in [-0.25, -0.2) is 0 Å². The van der Waals surface area contributed by atoms with Gasteiger partial charge in [-0.3, -0.25) is 9.98 Å². The lowest BCUT2D eigenvalue weighted by molar-refractivity contribution is 0.481. The Bertz CT molecular complexity index is 559. The molecule has 92 valence electrons. The van der Waals surface area contributed by atoms with E-state index in [1.54, 1.807) is 13.2 Å². The summed E-state index contributed by atoms with van der Waals surface area (Å²) in [6.45, 7) is 3.98. The Labute approximate surface area is 107 Å². The van der Waals surface area contributed by atoms with Crippen molar-refractivity contribution in [1.82, 2.24) is 4.98 Å². The highest BCUT2D eigenvalue weighted by Crippen LogP contribution is 2.21. The number of benzene rings is 1. The number of aromatic nitrogens is 1. The Hall–Kier alpha value is -2.16.